The standard InChI is InChI=1S/C16H23NO.C10H11NO.C2H6.H2/c1-12(2)13-8-10-14(11-9-13)16(18)17-15-6-4-3-5-7-15;1-2-3-8-6-10(12)5-4-9(8)7-11;1-2;/h8-12,15H,3-7H2,1-2H3,(H,17,18);4-6,12H,2-3H2,1H3;1-2H3;1H. The van der Waals surface area contributed by atoms with Gasteiger partial charge >= 0.3 is 0 Å². The number of hydrogen-bond donors (Lipinski definition) is 2. The van der Waals surface area contributed by atoms with E-state index in [9.17, 15) is 4.79 Å². The van der Waals surface area contributed by atoms with Crippen LogP contribution in [0.15, 0.2) is 42.5 Å². The number of hydrogen-bond acceptors (Lipinski definition) is 3. The van der Waals surface area contributed by atoms with E-state index >= 15 is 0 Å². The second-order valence-corrected chi connectivity index (χ2v) is 8.29. The zero-order valence-electron chi connectivity index (χ0n) is 20.4. The molecule has 2 aromatic carbocycles. The largest absolute Gasteiger partial charge is 0.508 e. The number of rotatable bonds is 5. The molecular weight excluding hydrogens is 396 g/mol. The lowest BCUT2D eigenvalue weighted by molar-refractivity contribution is 0.0927. The average molecular weight is 439 g/mol. The zero-order chi connectivity index (χ0) is 23.9. The Balaban J connectivity index is 0.000000599. The topological polar surface area (TPSA) is 73.1 Å². The van der Waals surface area contributed by atoms with Crippen LogP contribution in [0.1, 0.15) is 108 Å². The van der Waals surface area contributed by atoms with E-state index < -0.39 is 0 Å². The Morgan fingerprint density at radius 2 is 1.75 bits per heavy atom. The predicted octanol–water partition coefficient (Wildman–Crippen LogP) is 7.36. The molecule has 0 unspecified atom stereocenters. The van der Waals surface area contributed by atoms with E-state index in [0.717, 1.165) is 36.8 Å². The first-order chi connectivity index (χ1) is 15.4. The average Bonchev–Trinajstić information content (AvgIpc) is 2.82. The molecule has 1 saturated carbocycles. The second kappa shape index (κ2) is 15.1. The highest BCUT2D eigenvalue weighted by molar-refractivity contribution is 5.94. The number of nitriles is 1. The van der Waals surface area contributed by atoms with Crippen LogP contribution in [0.2, 0.25) is 0 Å². The van der Waals surface area contributed by atoms with Crippen LogP contribution in [0.25, 0.3) is 0 Å². The summed E-state index contributed by atoms with van der Waals surface area (Å²) in [6.07, 6.45) is 7.91. The van der Waals surface area contributed by atoms with Crippen LogP contribution in [-0.4, -0.2) is 17.1 Å². The fraction of sp³-hybridized carbons (Fsp3) is 0.500. The number of phenols is 1. The van der Waals surface area contributed by atoms with E-state index in [1.807, 2.05) is 32.9 Å². The predicted molar refractivity (Wildman–Crippen MR) is 135 cm³/mol. The van der Waals surface area contributed by atoms with Crippen molar-refractivity contribution in [1.82, 2.24) is 5.32 Å². The Hall–Kier alpha value is -2.80. The molecule has 2 N–H and O–H groups in total. The summed E-state index contributed by atoms with van der Waals surface area (Å²) in [7, 11) is 0. The Bertz CT molecular complexity index is 851. The number of nitrogens with one attached hydrogen (secondary N) is 1. The van der Waals surface area contributed by atoms with Crippen molar-refractivity contribution < 1.29 is 11.3 Å². The molecule has 2 aromatic rings. The van der Waals surface area contributed by atoms with Gasteiger partial charge in [0.25, 0.3) is 5.91 Å². The lowest BCUT2D eigenvalue weighted by Crippen LogP contribution is -2.36. The Morgan fingerprint density at radius 1 is 1.12 bits per heavy atom. The normalized spacial score (nSPS) is 13.2. The number of aryl methyl sites for hydroxylation is 1. The molecule has 0 radical (unpaired) electrons. The van der Waals surface area contributed by atoms with E-state index in [1.165, 1.54) is 30.9 Å². The summed E-state index contributed by atoms with van der Waals surface area (Å²) in [5.41, 5.74) is 3.66. The molecule has 1 amide bonds. The van der Waals surface area contributed by atoms with Gasteiger partial charge in [0.15, 0.2) is 0 Å². The van der Waals surface area contributed by atoms with Crippen LogP contribution in [0, 0.1) is 11.3 Å². The molecule has 176 valence electrons. The Labute approximate surface area is 196 Å². The van der Waals surface area contributed by atoms with Crippen LogP contribution in [0.5, 0.6) is 5.75 Å². The van der Waals surface area contributed by atoms with Crippen molar-refractivity contribution in [2.24, 2.45) is 0 Å². The number of carbonyl (C=O) groups is 1. The third kappa shape index (κ3) is 9.14. The minimum atomic E-state index is 0. The summed E-state index contributed by atoms with van der Waals surface area (Å²) in [6.45, 7) is 10.4. The molecule has 1 fully saturated rings. The highest BCUT2D eigenvalue weighted by Gasteiger charge is 2.16. The summed E-state index contributed by atoms with van der Waals surface area (Å²) in [4.78, 5) is 12.1. The van der Waals surface area contributed by atoms with Gasteiger partial charge in [0.2, 0.25) is 0 Å². The van der Waals surface area contributed by atoms with Crippen molar-refractivity contribution in [2.45, 2.75) is 91.5 Å². The number of phenolic OH excluding ortho intramolecular Hbond substituents is 1. The van der Waals surface area contributed by atoms with E-state index in [2.05, 4.69) is 37.4 Å². The SMILES string of the molecule is CC.CC(C)c1ccc(C(=O)NC2CCCCC2)cc1.CCCc1cc(O)ccc1C#N.[HH]. The molecule has 4 nitrogen and oxygen atoms in total. The van der Waals surface area contributed by atoms with Gasteiger partial charge in [-0.15, -0.1) is 0 Å². The van der Waals surface area contributed by atoms with Crippen LogP contribution in [0.4, 0.5) is 0 Å². The van der Waals surface area contributed by atoms with Gasteiger partial charge in [-0.1, -0.05) is 72.4 Å². The molecule has 1 aliphatic rings. The third-order valence-corrected chi connectivity index (χ3v) is 5.51. The van der Waals surface area contributed by atoms with E-state index in [1.54, 1.807) is 12.1 Å². The van der Waals surface area contributed by atoms with Gasteiger partial charge in [-0.2, -0.15) is 5.26 Å². The molecule has 0 bridgehead atoms. The highest BCUT2D eigenvalue weighted by Crippen LogP contribution is 2.19. The molecule has 32 heavy (non-hydrogen) atoms. The smallest absolute Gasteiger partial charge is 0.251 e. The third-order valence-electron chi connectivity index (χ3n) is 5.51. The number of nitrogens with zero attached hydrogens (tertiary/aromatic N) is 1. The Morgan fingerprint density at radius 3 is 2.28 bits per heavy atom. The first-order valence-electron chi connectivity index (χ1n) is 12.1. The van der Waals surface area contributed by atoms with Gasteiger partial charge in [-0.3, -0.25) is 4.79 Å². The van der Waals surface area contributed by atoms with Crippen molar-refractivity contribution >= 4 is 5.91 Å². The highest BCUT2D eigenvalue weighted by atomic mass is 16.3. The minimum Gasteiger partial charge on any atom is -0.508 e. The van der Waals surface area contributed by atoms with Crippen molar-refractivity contribution in [1.29, 1.82) is 5.26 Å². The molecule has 0 spiro atoms. The van der Waals surface area contributed by atoms with Gasteiger partial charge in [0, 0.05) is 13.0 Å². The maximum atomic E-state index is 12.1. The number of amides is 1. The second-order valence-electron chi connectivity index (χ2n) is 8.29. The fourth-order valence-electron chi connectivity index (χ4n) is 3.70. The number of carbonyl (C=O) groups excluding carboxylic acids is 1. The van der Waals surface area contributed by atoms with Gasteiger partial charge in [0.1, 0.15) is 5.75 Å². The fourth-order valence-corrected chi connectivity index (χ4v) is 3.70. The Kier molecular flexibility index (Phi) is 12.8. The summed E-state index contributed by atoms with van der Waals surface area (Å²) in [5, 5.41) is 21.0. The van der Waals surface area contributed by atoms with Crippen molar-refractivity contribution in [3.8, 4) is 11.8 Å². The number of benzene rings is 2. The van der Waals surface area contributed by atoms with Crippen molar-refractivity contribution in [3.05, 3.63) is 64.7 Å². The lowest BCUT2D eigenvalue weighted by atomic mass is 9.95. The van der Waals surface area contributed by atoms with E-state index in [-0.39, 0.29) is 13.1 Å². The minimum absolute atomic E-state index is 0. The van der Waals surface area contributed by atoms with E-state index in [0.29, 0.717) is 17.5 Å². The van der Waals surface area contributed by atoms with Gasteiger partial charge in [-0.05, 0) is 66.6 Å². The summed E-state index contributed by atoms with van der Waals surface area (Å²) >= 11 is 0. The molecule has 3 rings (SSSR count). The summed E-state index contributed by atoms with van der Waals surface area (Å²) < 4.78 is 0. The van der Waals surface area contributed by atoms with Crippen LogP contribution in [-0.2, 0) is 6.42 Å². The number of aromatic hydroxyl groups is 1. The first-order valence-corrected chi connectivity index (χ1v) is 12.1. The van der Waals surface area contributed by atoms with Crippen molar-refractivity contribution in [2.75, 3.05) is 0 Å². The van der Waals surface area contributed by atoms with Crippen molar-refractivity contribution in [3.63, 3.8) is 0 Å². The van der Waals surface area contributed by atoms with Crippen LogP contribution >= 0.6 is 0 Å². The summed E-state index contributed by atoms with van der Waals surface area (Å²) in [6, 6.07) is 15.3. The molecule has 1 aliphatic carbocycles. The molecule has 4 heteroatoms. The first kappa shape index (κ1) is 27.2. The molecule has 0 aliphatic heterocycles. The van der Waals surface area contributed by atoms with Crippen LogP contribution in [0.3, 0.4) is 0 Å². The molecule has 0 aromatic heterocycles. The summed E-state index contributed by atoms with van der Waals surface area (Å²) in [5.74, 6) is 0.829. The maximum absolute atomic E-state index is 12.1. The zero-order valence-corrected chi connectivity index (χ0v) is 20.4. The van der Waals surface area contributed by atoms with E-state index in [4.69, 9.17) is 10.4 Å². The molecular formula is C28H42N2O2. The maximum Gasteiger partial charge on any atom is 0.251 e. The molecule has 0 atom stereocenters. The molecule has 0 heterocycles. The van der Waals surface area contributed by atoms with Crippen LogP contribution < -0.4 is 5.32 Å². The quantitative estimate of drug-likeness (QED) is 0.512. The van der Waals surface area contributed by atoms with Gasteiger partial charge < -0.3 is 10.4 Å². The monoisotopic (exact) mass is 438 g/mol. The van der Waals surface area contributed by atoms with Gasteiger partial charge in [-0.25, -0.2) is 0 Å². The lowest BCUT2D eigenvalue weighted by Gasteiger charge is -2.22. The molecule has 0 saturated heterocycles. The van der Waals surface area contributed by atoms with Gasteiger partial charge in [0.05, 0.1) is 11.6 Å².